The average Bonchev–Trinajstić information content (AvgIpc) is 2.63. The minimum Gasteiger partial charge on any atom is -0.465 e. The highest BCUT2D eigenvalue weighted by Gasteiger charge is 2.27. The highest BCUT2D eigenvalue weighted by atomic mass is 16.4. The maximum absolute atomic E-state index is 12.5. The first-order valence-corrected chi connectivity index (χ1v) is 8.34. The predicted octanol–water partition coefficient (Wildman–Crippen LogP) is 0.565. The maximum atomic E-state index is 12.5. The first-order valence-electron chi connectivity index (χ1n) is 8.34. The van der Waals surface area contributed by atoms with Crippen LogP contribution in [0.5, 0.6) is 0 Å². The molecule has 1 aromatic carbocycles. The number of pyridine rings is 1. The largest absolute Gasteiger partial charge is 0.465 e. The van der Waals surface area contributed by atoms with Crippen molar-refractivity contribution in [3.05, 3.63) is 64.6 Å². The van der Waals surface area contributed by atoms with Crippen LogP contribution in [-0.4, -0.2) is 46.8 Å². The van der Waals surface area contributed by atoms with Gasteiger partial charge >= 0.3 is 6.09 Å². The maximum Gasteiger partial charge on any atom is 0.404 e. The Morgan fingerprint density at radius 3 is 2.54 bits per heavy atom. The molecule has 26 heavy (non-hydrogen) atoms. The summed E-state index contributed by atoms with van der Waals surface area (Å²) in [7, 11) is 0. The lowest BCUT2D eigenvalue weighted by atomic mass is 10.0. The minimum atomic E-state index is -1.10. The Balaban J connectivity index is 1.71. The third kappa shape index (κ3) is 4.09. The smallest absolute Gasteiger partial charge is 0.404 e. The van der Waals surface area contributed by atoms with Gasteiger partial charge in [-0.25, -0.2) is 4.79 Å². The SMILES string of the molecule is O=C(O)NC1CCNCC1NC(=O)c1ccc(-n2ccccc2=O)cc1. The lowest BCUT2D eigenvalue weighted by Gasteiger charge is -2.32. The number of hydrogen-bond acceptors (Lipinski definition) is 4. The summed E-state index contributed by atoms with van der Waals surface area (Å²) in [6, 6.07) is 10.9. The van der Waals surface area contributed by atoms with Crippen LogP contribution in [0.1, 0.15) is 16.8 Å². The standard InChI is InChI=1S/C18H20N4O4/c23-16-3-1-2-10-22(16)13-6-4-12(5-7-13)17(24)20-15-11-19-9-8-14(15)21-18(25)26/h1-7,10,14-15,19,21H,8-9,11H2,(H,20,24)(H,25,26). The van der Waals surface area contributed by atoms with Gasteiger partial charge in [-0.2, -0.15) is 0 Å². The Labute approximate surface area is 149 Å². The highest BCUT2D eigenvalue weighted by molar-refractivity contribution is 5.94. The van der Waals surface area contributed by atoms with E-state index in [1.54, 1.807) is 42.6 Å². The van der Waals surface area contributed by atoms with Gasteiger partial charge in [0.1, 0.15) is 0 Å². The number of aromatic nitrogens is 1. The first-order chi connectivity index (χ1) is 12.5. The summed E-state index contributed by atoms with van der Waals surface area (Å²) in [5.74, 6) is -0.289. The lowest BCUT2D eigenvalue weighted by molar-refractivity contribution is 0.0917. The molecule has 0 radical (unpaired) electrons. The summed E-state index contributed by atoms with van der Waals surface area (Å²) in [5, 5.41) is 17.4. The van der Waals surface area contributed by atoms with Crippen LogP contribution in [0.25, 0.3) is 5.69 Å². The van der Waals surface area contributed by atoms with Gasteiger partial charge in [0.25, 0.3) is 11.5 Å². The van der Waals surface area contributed by atoms with Crippen molar-refractivity contribution in [2.24, 2.45) is 0 Å². The summed E-state index contributed by atoms with van der Waals surface area (Å²) < 4.78 is 1.49. The third-order valence-corrected chi connectivity index (χ3v) is 4.34. The topological polar surface area (TPSA) is 112 Å². The first kappa shape index (κ1) is 17.7. The summed E-state index contributed by atoms with van der Waals surface area (Å²) in [5.41, 5.74) is 0.954. The summed E-state index contributed by atoms with van der Waals surface area (Å²) in [6.45, 7) is 1.19. The molecule has 8 nitrogen and oxygen atoms in total. The van der Waals surface area contributed by atoms with Crippen molar-refractivity contribution in [1.82, 2.24) is 20.5 Å². The van der Waals surface area contributed by atoms with Crippen molar-refractivity contribution >= 4 is 12.0 Å². The van der Waals surface area contributed by atoms with Crippen molar-refractivity contribution in [3.63, 3.8) is 0 Å². The number of rotatable bonds is 4. The molecule has 1 aromatic heterocycles. The number of amides is 2. The van der Waals surface area contributed by atoms with Crippen LogP contribution < -0.4 is 21.5 Å². The van der Waals surface area contributed by atoms with E-state index in [2.05, 4.69) is 16.0 Å². The molecule has 0 saturated carbocycles. The second kappa shape index (κ2) is 7.83. The van der Waals surface area contributed by atoms with E-state index >= 15 is 0 Å². The van der Waals surface area contributed by atoms with E-state index in [-0.39, 0.29) is 23.6 Å². The van der Waals surface area contributed by atoms with E-state index in [0.29, 0.717) is 30.8 Å². The van der Waals surface area contributed by atoms with E-state index in [0.717, 1.165) is 0 Å². The predicted molar refractivity (Wildman–Crippen MR) is 95.7 cm³/mol. The van der Waals surface area contributed by atoms with Crippen LogP contribution in [0.3, 0.4) is 0 Å². The van der Waals surface area contributed by atoms with Crippen LogP contribution in [0.4, 0.5) is 4.79 Å². The Morgan fingerprint density at radius 1 is 1.08 bits per heavy atom. The summed E-state index contributed by atoms with van der Waals surface area (Å²) in [4.78, 5) is 35.2. The van der Waals surface area contributed by atoms with Gasteiger partial charge in [-0.05, 0) is 43.3 Å². The van der Waals surface area contributed by atoms with Crippen molar-refractivity contribution in [1.29, 1.82) is 0 Å². The highest BCUT2D eigenvalue weighted by Crippen LogP contribution is 2.10. The van der Waals surface area contributed by atoms with Gasteiger partial charge in [-0.3, -0.25) is 14.2 Å². The molecule has 2 atom stereocenters. The molecule has 2 heterocycles. The number of hydrogen-bond donors (Lipinski definition) is 4. The minimum absolute atomic E-state index is 0.152. The number of carboxylic acid groups (broad SMARTS) is 1. The van der Waals surface area contributed by atoms with Gasteiger partial charge in [0.05, 0.1) is 12.1 Å². The van der Waals surface area contributed by atoms with Crippen molar-refractivity contribution in [3.8, 4) is 5.69 Å². The van der Waals surface area contributed by atoms with Crippen LogP contribution in [-0.2, 0) is 0 Å². The van der Waals surface area contributed by atoms with Gasteiger partial charge in [-0.1, -0.05) is 6.07 Å². The molecule has 1 saturated heterocycles. The molecular formula is C18H20N4O4. The molecule has 0 spiro atoms. The molecular weight excluding hydrogens is 336 g/mol. The Bertz CT molecular complexity index is 847. The second-order valence-electron chi connectivity index (χ2n) is 6.08. The molecule has 0 bridgehead atoms. The second-order valence-corrected chi connectivity index (χ2v) is 6.08. The molecule has 8 heteroatoms. The van der Waals surface area contributed by atoms with Crippen molar-refractivity contribution in [2.45, 2.75) is 18.5 Å². The fraction of sp³-hybridized carbons (Fsp3) is 0.278. The molecule has 1 aliphatic rings. The average molecular weight is 356 g/mol. The lowest BCUT2D eigenvalue weighted by Crippen LogP contribution is -2.59. The number of nitrogens with one attached hydrogen (secondary N) is 3. The van der Waals surface area contributed by atoms with Crippen LogP contribution in [0.2, 0.25) is 0 Å². The van der Waals surface area contributed by atoms with Crippen molar-refractivity contribution < 1.29 is 14.7 Å². The Morgan fingerprint density at radius 2 is 1.85 bits per heavy atom. The van der Waals surface area contributed by atoms with E-state index in [4.69, 9.17) is 5.11 Å². The molecule has 3 rings (SSSR count). The van der Waals surface area contributed by atoms with E-state index in [9.17, 15) is 14.4 Å². The zero-order valence-corrected chi connectivity index (χ0v) is 14.0. The summed E-state index contributed by atoms with van der Waals surface area (Å²) >= 11 is 0. The van der Waals surface area contributed by atoms with Gasteiger partial charge < -0.3 is 21.1 Å². The number of carbonyl (C=O) groups excluding carboxylic acids is 1. The van der Waals surface area contributed by atoms with Crippen molar-refractivity contribution in [2.75, 3.05) is 13.1 Å². The van der Waals surface area contributed by atoms with Gasteiger partial charge in [0.2, 0.25) is 0 Å². The van der Waals surface area contributed by atoms with Crippen LogP contribution in [0, 0.1) is 0 Å². The third-order valence-electron chi connectivity index (χ3n) is 4.34. The number of carbonyl (C=O) groups is 2. The van der Waals surface area contributed by atoms with E-state index in [1.807, 2.05) is 0 Å². The molecule has 0 aliphatic carbocycles. The quantitative estimate of drug-likeness (QED) is 0.640. The molecule has 136 valence electrons. The fourth-order valence-electron chi connectivity index (χ4n) is 3.01. The number of benzene rings is 1. The monoisotopic (exact) mass is 356 g/mol. The van der Waals surface area contributed by atoms with Crippen LogP contribution in [0.15, 0.2) is 53.5 Å². The molecule has 2 aromatic rings. The normalized spacial score (nSPS) is 19.5. The Kier molecular flexibility index (Phi) is 5.33. The van der Waals surface area contributed by atoms with Gasteiger partial charge in [-0.15, -0.1) is 0 Å². The fourth-order valence-corrected chi connectivity index (χ4v) is 3.01. The number of piperidine rings is 1. The molecule has 1 fully saturated rings. The molecule has 2 unspecified atom stereocenters. The molecule has 1 aliphatic heterocycles. The number of nitrogens with zero attached hydrogens (tertiary/aromatic N) is 1. The Hall–Kier alpha value is -3.13. The molecule has 4 N–H and O–H groups in total. The van der Waals surface area contributed by atoms with E-state index < -0.39 is 6.09 Å². The van der Waals surface area contributed by atoms with Gasteiger partial charge in [0.15, 0.2) is 0 Å². The molecule has 2 amide bonds. The zero-order chi connectivity index (χ0) is 18.5. The van der Waals surface area contributed by atoms with Gasteiger partial charge in [0, 0.05) is 30.1 Å². The van der Waals surface area contributed by atoms with Crippen LogP contribution >= 0.6 is 0 Å². The summed E-state index contributed by atoms with van der Waals surface area (Å²) in [6.07, 6.45) is 1.16. The zero-order valence-electron chi connectivity index (χ0n) is 14.0. The van der Waals surface area contributed by atoms with E-state index in [1.165, 1.54) is 10.6 Å².